The van der Waals surface area contributed by atoms with Crippen molar-refractivity contribution in [3.8, 4) is 46.0 Å². The second-order valence-electron chi connectivity index (χ2n) is 34.4. The molecular weight excluding hydrogens is 1140 g/mol. The maximum Gasteiger partial charge on any atom is 0.263 e. The quantitative estimate of drug-likeness (QED) is 0.0709. The third-order valence-corrected chi connectivity index (χ3v) is 18.9. The molecule has 0 amide bonds. The smallest absolute Gasteiger partial charge is 0.263 e. The van der Waals surface area contributed by atoms with Gasteiger partial charge in [0.25, 0.3) is 5.56 Å². The van der Waals surface area contributed by atoms with Crippen LogP contribution < -0.4 is 29.9 Å². The highest BCUT2D eigenvalue weighted by atomic mass is 16.5. The monoisotopic (exact) mass is 1240 g/mol. The molecule has 0 aliphatic carbocycles. The Kier molecular flexibility index (Phi) is 15.8. The molecule has 0 aliphatic rings. The van der Waals surface area contributed by atoms with Crippen LogP contribution in [-0.2, 0) is 21.7 Å². The van der Waals surface area contributed by atoms with E-state index in [0.717, 1.165) is 58.0 Å². The first kappa shape index (κ1) is 64.7. The van der Waals surface area contributed by atoms with Gasteiger partial charge in [-0.2, -0.15) is 0 Å². The summed E-state index contributed by atoms with van der Waals surface area (Å²) in [6.07, 6.45) is 3.96. The van der Waals surface area contributed by atoms with Gasteiger partial charge in [-0.25, -0.2) is 0 Å². The van der Waals surface area contributed by atoms with Crippen molar-refractivity contribution in [1.29, 1.82) is 0 Å². The normalized spacial score (nSPS) is 13.4. The van der Waals surface area contributed by atoms with E-state index in [9.17, 15) is 4.79 Å². The lowest BCUT2D eigenvalue weighted by Crippen LogP contribution is -2.24. The Morgan fingerprint density at radius 3 is 0.968 bits per heavy atom. The molecule has 0 bridgehead atoms. The number of para-hydroxylation sites is 1. The number of benzene rings is 10. The van der Waals surface area contributed by atoms with Crippen molar-refractivity contribution in [3.05, 3.63) is 207 Å². The fraction of sp³-hybridized carbons (Fsp3) is 0.372. The molecule has 2 aromatic heterocycles. The van der Waals surface area contributed by atoms with E-state index >= 15 is 4.79 Å². The molecule has 12 rings (SSSR count). The standard InChI is InChI=1S/C86H95NO6/c1-79(2,3)48-83(13,14)53-27-35-57(36-28-53)90-67-43-25-52-26-44-68(91-58-37-29-54(30-38-58)84(15,16)49-80(4,5)6)74-71(52)73(67)75-69(92-59-39-31-55(32-40-59)85(17,18)50-81(7,8)9)45-62-65-47-66(88)61-23-21-22-24-64(61)87(65)78(89)63-46-70(76(74)77(75)72(62)63)93-60-41-33-56(34-42-60)86(19,20)51-82(10,11)12/h21-47H,48-51H2,1-20H3. The van der Waals surface area contributed by atoms with Crippen LogP contribution in [0.3, 0.4) is 0 Å². The summed E-state index contributed by atoms with van der Waals surface area (Å²) >= 11 is 0. The maximum atomic E-state index is 16.1. The minimum absolute atomic E-state index is 0.0926. The average Bonchev–Trinajstić information content (AvgIpc) is 0.679. The SMILES string of the molecule is CC(C)(C)CC(C)(C)c1ccc(Oc2ccc3ccc(Oc4ccc(C(C)(C)CC(C)(C)C)cc4)c4c5c(Oc6ccc(C(C)(C)CC(C)(C)C)cc6)cc6c7c(cc(Oc8ccc(C(C)(C)CC(C)(C)C)cc8)c(c2c34)c57)c(=O)n2c3ccccc3c(=O)cc62)cc1. The van der Waals surface area contributed by atoms with Crippen molar-refractivity contribution in [2.45, 2.75) is 186 Å². The topological polar surface area (TPSA) is 75.5 Å². The van der Waals surface area contributed by atoms with Gasteiger partial charge in [0.1, 0.15) is 46.0 Å². The molecular formula is C86H95NO6. The van der Waals surface area contributed by atoms with Crippen molar-refractivity contribution in [3.63, 3.8) is 0 Å². The first-order chi connectivity index (χ1) is 43.3. The zero-order valence-corrected chi connectivity index (χ0v) is 58.8. The van der Waals surface area contributed by atoms with Gasteiger partial charge < -0.3 is 18.9 Å². The van der Waals surface area contributed by atoms with E-state index < -0.39 is 0 Å². The first-order valence-corrected chi connectivity index (χ1v) is 33.5. The van der Waals surface area contributed by atoms with Gasteiger partial charge in [0.15, 0.2) is 5.43 Å². The fourth-order valence-electron chi connectivity index (χ4n) is 16.6. The van der Waals surface area contributed by atoms with Crippen LogP contribution in [0.25, 0.3) is 70.3 Å². The van der Waals surface area contributed by atoms with Gasteiger partial charge in [0, 0.05) is 54.5 Å². The highest BCUT2D eigenvalue weighted by Crippen LogP contribution is 2.57. The molecule has 0 fully saturated rings. The third-order valence-electron chi connectivity index (χ3n) is 18.9. The molecule has 0 unspecified atom stereocenters. The minimum Gasteiger partial charge on any atom is -0.457 e. The number of pyridine rings is 2. The number of rotatable bonds is 16. The predicted octanol–water partition coefficient (Wildman–Crippen LogP) is 24.5. The molecule has 12 aromatic rings. The summed E-state index contributed by atoms with van der Waals surface area (Å²) in [5.74, 6) is 4.71. The van der Waals surface area contributed by atoms with Crippen molar-refractivity contribution < 1.29 is 18.9 Å². The van der Waals surface area contributed by atoms with Crippen LogP contribution in [0.1, 0.15) is 186 Å². The highest BCUT2D eigenvalue weighted by Gasteiger charge is 2.34. The van der Waals surface area contributed by atoms with Crippen molar-refractivity contribution in [2.75, 3.05) is 0 Å². The molecule has 10 aromatic carbocycles. The van der Waals surface area contributed by atoms with Crippen molar-refractivity contribution >= 4 is 70.3 Å². The minimum atomic E-state index is -0.286. The molecule has 2 heterocycles. The summed E-state index contributed by atoms with van der Waals surface area (Å²) in [4.78, 5) is 30.7. The molecule has 0 N–H and O–H groups in total. The van der Waals surface area contributed by atoms with E-state index in [1.165, 1.54) is 22.3 Å². The van der Waals surface area contributed by atoms with Gasteiger partial charge in [0.2, 0.25) is 0 Å². The van der Waals surface area contributed by atoms with Crippen molar-refractivity contribution in [1.82, 2.24) is 4.40 Å². The second-order valence-corrected chi connectivity index (χ2v) is 34.4. The van der Waals surface area contributed by atoms with Crippen LogP contribution in [0.2, 0.25) is 0 Å². The lowest BCUT2D eigenvalue weighted by molar-refractivity contribution is 0.283. The number of hydrogen-bond donors (Lipinski definition) is 0. The third kappa shape index (κ3) is 12.8. The number of aromatic nitrogens is 1. The summed E-state index contributed by atoms with van der Waals surface area (Å²) in [5.41, 5.74) is 5.37. The van der Waals surface area contributed by atoms with E-state index in [2.05, 4.69) is 260 Å². The van der Waals surface area contributed by atoms with Gasteiger partial charge >= 0.3 is 0 Å². The van der Waals surface area contributed by atoms with E-state index in [-0.39, 0.29) is 54.3 Å². The van der Waals surface area contributed by atoms with E-state index in [0.29, 0.717) is 84.0 Å². The van der Waals surface area contributed by atoms with E-state index in [1.54, 1.807) is 16.5 Å². The van der Waals surface area contributed by atoms with E-state index in [1.807, 2.05) is 30.3 Å². The Hall–Kier alpha value is -8.42. The Morgan fingerprint density at radius 1 is 0.290 bits per heavy atom. The molecule has 7 nitrogen and oxygen atoms in total. The lowest BCUT2D eigenvalue weighted by atomic mass is 9.72. The van der Waals surface area contributed by atoms with Gasteiger partial charge in [-0.1, -0.05) is 211 Å². The molecule has 0 saturated heterocycles. The predicted molar refractivity (Wildman–Crippen MR) is 392 cm³/mol. The number of hydrogen-bond acceptors (Lipinski definition) is 6. The number of nitrogens with zero attached hydrogens (tertiary/aromatic N) is 1. The Morgan fingerprint density at radius 2 is 0.613 bits per heavy atom. The van der Waals surface area contributed by atoms with Gasteiger partial charge in [-0.3, -0.25) is 14.0 Å². The number of ether oxygens (including phenoxy) is 4. The largest absolute Gasteiger partial charge is 0.457 e. The van der Waals surface area contributed by atoms with Crippen LogP contribution in [0.4, 0.5) is 0 Å². The van der Waals surface area contributed by atoms with Crippen LogP contribution in [0.5, 0.6) is 46.0 Å². The molecule has 0 radical (unpaired) electrons. The Labute approximate surface area is 550 Å². The molecule has 0 atom stereocenters. The molecule has 7 heteroatoms. The second kappa shape index (κ2) is 22.7. The summed E-state index contributed by atoms with van der Waals surface area (Å²) in [5, 5.41) is 7.67. The van der Waals surface area contributed by atoms with Gasteiger partial charge in [-0.15, -0.1) is 0 Å². The first-order valence-electron chi connectivity index (χ1n) is 33.5. The fourth-order valence-corrected chi connectivity index (χ4v) is 16.6. The molecule has 0 spiro atoms. The Balaban J connectivity index is 1.21. The molecule has 93 heavy (non-hydrogen) atoms. The van der Waals surface area contributed by atoms with E-state index in [4.69, 9.17) is 18.9 Å². The zero-order chi connectivity index (χ0) is 66.9. The van der Waals surface area contributed by atoms with Crippen LogP contribution >= 0.6 is 0 Å². The van der Waals surface area contributed by atoms with Crippen LogP contribution in [0.15, 0.2) is 173 Å². The van der Waals surface area contributed by atoms with Crippen molar-refractivity contribution in [2.24, 2.45) is 21.7 Å². The van der Waals surface area contributed by atoms with Crippen LogP contribution in [0, 0.1) is 21.7 Å². The molecule has 0 saturated carbocycles. The molecule has 480 valence electrons. The summed E-state index contributed by atoms with van der Waals surface area (Å²) in [6, 6.07) is 55.3. The van der Waals surface area contributed by atoms with Gasteiger partial charge in [-0.05, 0) is 182 Å². The van der Waals surface area contributed by atoms with Crippen LogP contribution in [-0.4, -0.2) is 4.40 Å². The van der Waals surface area contributed by atoms with Gasteiger partial charge in [0.05, 0.1) is 16.4 Å². The lowest BCUT2D eigenvalue weighted by Gasteiger charge is -2.33. The maximum absolute atomic E-state index is 16.1. The highest BCUT2D eigenvalue weighted by molar-refractivity contribution is 6.42. The average molecular weight is 1240 g/mol. The Bertz CT molecular complexity index is 4810. The summed E-state index contributed by atoms with van der Waals surface area (Å²) < 4.78 is 31.3. The summed E-state index contributed by atoms with van der Waals surface area (Å²) in [6.45, 7) is 45.9. The zero-order valence-electron chi connectivity index (χ0n) is 58.8. The molecule has 0 aliphatic heterocycles. The number of fused-ring (bicyclic) bond motifs is 6. The summed E-state index contributed by atoms with van der Waals surface area (Å²) in [7, 11) is 0.